The van der Waals surface area contributed by atoms with Crippen LogP contribution in [0.5, 0.6) is 17.2 Å². The molecule has 1 heterocycles. The van der Waals surface area contributed by atoms with Crippen LogP contribution in [0.1, 0.15) is 113 Å². The molecule has 1 aliphatic rings. The number of carbonyl (C=O) groups excluding carboxylic acids is 2. The summed E-state index contributed by atoms with van der Waals surface area (Å²) < 4.78 is 16.4. The molecular formula is C34H44O5. The van der Waals surface area contributed by atoms with Gasteiger partial charge >= 0.3 is 5.97 Å². The van der Waals surface area contributed by atoms with Crippen molar-refractivity contribution in [2.45, 2.75) is 96.8 Å². The molecule has 2 aromatic carbocycles. The van der Waals surface area contributed by atoms with Crippen molar-refractivity contribution in [3.8, 4) is 17.2 Å². The number of unbranched alkanes of at least 4 members (excludes halogenated alkanes) is 11. The van der Waals surface area contributed by atoms with Crippen LogP contribution in [-0.4, -0.2) is 18.9 Å². The van der Waals surface area contributed by atoms with Crippen LogP contribution < -0.4 is 14.2 Å². The third-order valence-electron chi connectivity index (χ3n) is 6.93. The lowest BCUT2D eigenvalue weighted by Gasteiger charge is -2.05. The molecule has 0 aromatic heterocycles. The van der Waals surface area contributed by atoms with Crippen molar-refractivity contribution < 1.29 is 23.8 Å². The Morgan fingerprint density at radius 2 is 1.41 bits per heavy atom. The molecule has 5 heteroatoms. The molecule has 0 atom stereocenters. The van der Waals surface area contributed by atoms with E-state index in [0.717, 1.165) is 37.0 Å². The van der Waals surface area contributed by atoms with Crippen LogP contribution in [0.15, 0.2) is 60.4 Å². The maximum absolute atomic E-state index is 12.8. The van der Waals surface area contributed by atoms with Crippen LogP contribution in [-0.2, 0) is 4.79 Å². The quantitative estimate of drug-likeness (QED) is 0.0629. The Morgan fingerprint density at radius 1 is 0.795 bits per heavy atom. The van der Waals surface area contributed by atoms with Crippen molar-refractivity contribution in [3.63, 3.8) is 0 Å². The van der Waals surface area contributed by atoms with E-state index in [1.807, 2.05) is 24.3 Å². The summed E-state index contributed by atoms with van der Waals surface area (Å²) in [6.07, 6.45) is 22.6. The van der Waals surface area contributed by atoms with E-state index in [0.29, 0.717) is 23.5 Å². The molecule has 0 N–H and O–H groups in total. The summed E-state index contributed by atoms with van der Waals surface area (Å²) in [6, 6.07) is 12.3. The Labute approximate surface area is 234 Å². The molecule has 5 nitrogen and oxygen atoms in total. The Balaban J connectivity index is 1.28. The summed E-state index contributed by atoms with van der Waals surface area (Å²) in [5.74, 6) is 1.33. The molecule has 0 fully saturated rings. The maximum atomic E-state index is 12.8. The fraction of sp³-hybridized carbons (Fsp3) is 0.471. The van der Waals surface area contributed by atoms with Gasteiger partial charge in [0.05, 0.1) is 12.7 Å². The maximum Gasteiger partial charge on any atom is 0.311 e. The van der Waals surface area contributed by atoms with Crippen LogP contribution in [0.4, 0.5) is 0 Å². The molecule has 210 valence electrons. The van der Waals surface area contributed by atoms with Crippen molar-refractivity contribution in [2.75, 3.05) is 7.11 Å². The third-order valence-corrected chi connectivity index (χ3v) is 6.93. The summed E-state index contributed by atoms with van der Waals surface area (Å²) in [5, 5.41) is 0. The molecule has 0 saturated carbocycles. The van der Waals surface area contributed by atoms with Gasteiger partial charge < -0.3 is 14.2 Å². The fourth-order valence-electron chi connectivity index (χ4n) is 4.61. The van der Waals surface area contributed by atoms with Crippen LogP contribution in [0, 0.1) is 0 Å². The number of hydrogen-bond donors (Lipinski definition) is 0. The van der Waals surface area contributed by atoms with Gasteiger partial charge in [-0.25, -0.2) is 0 Å². The van der Waals surface area contributed by atoms with Gasteiger partial charge in [0.2, 0.25) is 5.78 Å². The minimum Gasteiger partial charge on any atom is -0.497 e. The van der Waals surface area contributed by atoms with Gasteiger partial charge in [-0.05, 0) is 74.1 Å². The van der Waals surface area contributed by atoms with E-state index in [1.54, 1.807) is 31.4 Å². The van der Waals surface area contributed by atoms with Crippen molar-refractivity contribution in [1.29, 1.82) is 0 Å². The number of carbonyl (C=O) groups is 2. The first-order valence-electron chi connectivity index (χ1n) is 14.7. The van der Waals surface area contributed by atoms with Crippen LogP contribution in [0.25, 0.3) is 6.08 Å². The highest BCUT2D eigenvalue weighted by atomic mass is 16.5. The van der Waals surface area contributed by atoms with E-state index in [-0.39, 0.29) is 17.5 Å². The largest absolute Gasteiger partial charge is 0.497 e. The number of rotatable bonds is 18. The molecule has 39 heavy (non-hydrogen) atoms. The molecule has 0 unspecified atom stereocenters. The molecule has 0 bridgehead atoms. The van der Waals surface area contributed by atoms with E-state index < -0.39 is 0 Å². The third kappa shape index (κ3) is 10.7. The summed E-state index contributed by atoms with van der Waals surface area (Å²) in [6.45, 7) is 2.26. The molecule has 0 radical (unpaired) electrons. The number of Topliss-reactive ketones (excluding diaryl/α,β-unsaturated/α-hetero) is 1. The molecule has 0 aliphatic carbocycles. The van der Waals surface area contributed by atoms with Crippen LogP contribution >= 0.6 is 0 Å². The molecule has 0 spiro atoms. The highest BCUT2D eigenvalue weighted by Gasteiger charge is 2.28. The van der Waals surface area contributed by atoms with Crippen molar-refractivity contribution in [3.05, 3.63) is 71.5 Å². The standard InChI is InChI=1S/C34H44O5/c1-3-4-5-6-7-8-9-10-11-12-13-14-15-16-17-18-33(35)38-29-23-24-31-30(26-29)34(36)32(39-31)25-27-19-21-28(37-2)22-20-27/h10-11,19-26H,3-9,12-18H2,1-2H3/b11-10-,32-25-. The first-order chi connectivity index (χ1) is 19.1. The normalized spacial score (nSPS) is 13.6. The van der Waals surface area contributed by atoms with E-state index in [9.17, 15) is 9.59 Å². The number of methoxy groups -OCH3 is 1. The molecule has 3 rings (SSSR count). The van der Waals surface area contributed by atoms with Gasteiger partial charge in [0.25, 0.3) is 0 Å². The van der Waals surface area contributed by atoms with Crippen molar-refractivity contribution >= 4 is 17.8 Å². The van der Waals surface area contributed by atoms with Gasteiger partial charge in [0.15, 0.2) is 5.76 Å². The van der Waals surface area contributed by atoms with Gasteiger partial charge in [0.1, 0.15) is 17.2 Å². The predicted molar refractivity (Wildman–Crippen MR) is 157 cm³/mol. The second-order valence-corrected chi connectivity index (χ2v) is 10.2. The van der Waals surface area contributed by atoms with E-state index in [4.69, 9.17) is 14.2 Å². The second kappa shape index (κ2) is 17.3. The summed E-state index contributed by atoms with van der Waals surface area (Å²) >= 11 is 0. The molecule has 0 amide bonds. The summed E-state index contributed by atoms with van der Waals surface area (Å²) in [5.41, 5.74) is 1.24. The zero-order valence-electron chi connectivity index (χ0n) is 23.7. The Hall–Kier alpha value is -3.34. The highest BCUT2D eigenvalue weighted by Crippen LogP contribution is 2.34. The molecule has 0 saturated heterocycles. The lowest BCUT2D eigenvalue weighted by molar-refractivity contribution is -0.134. The highest BCUT2D eigenvalue weighted by molar-refractivity contribution is 6.14. The number of benzene rings is 2. The van der Waals surface area contributed by atoms with Gasteiger partial charge in [-0.2, -0.15) is 0 Å². The van der Waals surface area contributed by atoms with Gasteiger partial charge in [0, 0.05) is 6.42 Å². The number of allylic oxidation sites excluding steroid dienone is 3. The first kappa shape index (κ1) is 30.2. The van der Waals surface area contributed by atoms with Gasteiger partial charge in [-0.15, -0.1) is 0 Å². The Kier molecular flexibility index (Phi) is 13.4. The zero-order valence-corrected chi connectivity index (χ0v) is 23.7. The second-order valence-electron chi connectivity index (χ2n) is 10.2. The number of ether oxygens (including phenoxy) is 3. The lowest BCUT2D eigenvalue weighted by Crippen LogP contribution is -2.07. The minimum atomic E-state index is -0.270. The fourth-order valence-corrected chi connectivity index (χ4v) is 4.61. The summed E-state index contributed by atoms with van der Waals surface area (Å²) in [7, 11) is 1.61. The average molecular weight is 533 g/mol. The predicted octanol–water partition coefficient (Wildman–Crippen LogP) is 9.25. The molecule has 2 aromatic rings. The Bertz CT molecular complexity index is 1100. The van der Waals surface area contributed by atoms with Gasteiger partial charge in [-0.3, -0.25) is 9.59 Å². The van der Waals surface area contributed by atoms with Gasteiger partial charge in [-0.1, -0.05) is 82.6 Å². The lowest BCUT2D eigenvalue weighted by atomic mass is 10.1. The molecular weight excluding hydrogens is 488 g/mol. The SMILES string of the molecule is CCCCCCCC/C=C\CCCCCCCC(=O)Oc1ccc2c(c1)C(=O)/C(=C/c1ccc(OC)cc1)O2. The van der Waals surface area contributed by atoms with Crippen LogP contribution in [0.2, 0.25) is 0 Å². The van der Waals surface area contributed by atoms with E-state index >= 15 is 0 Å². The monoisotopic (exact) mass is 532 g/mol. The van der Waals surface area contributed by atoms with Crippen molar-refractivity contribution in [2.24, 2.45) is 0 Å². The van der Waals surface area contributed by atoms with E-state index in [1.165, 1.54) is 57.8 Å². The van der Waals surface area contributed by atoms with Crippen LogP contribution in [0.3, 0.4) is 0 Å². The smallest absolute Gasteiger partial charge is 0.311 e. The first-order valence-corrected chi connectivity index (χ1v) is 14.7. The summed E-state index contributed by atoms with van der Waals surface area (Å²) in [4.78, 5) is 25.1. The number of esters is 1. The Morgan fingerprint density at radius 3 is 2.08 bits per heavy atom. The van der Waals surface area contributed by atoms with E-state index in [2.05, 4.69) is 19.1 Å². The molecule has 1 aliphatic heterocycles. The minimum absolute atomic E-state index is 0.226. The van der Waals surface area contributed by atoms with Crippen molar-refractivity contribution in [1.82, 2.24) is 0 Å². The topological polar surface area (TPSA) is 61.8 Å². The zero-order chi connectivity index (χ0) is 27.7. The average Bonchev–Trinajstić information content (AvgIpc) is 3.25. The number of hydrogen-bond acceptors (Lipinski definition) is 5. The number of ketones is 1. The number of fused-ring (bicyclic) bond motifs is 1.